The molecule has 1 fully saturated rings. The van der Waals surface area contributed by atoms with Crippen molar-refractivity contribution in [2.45, 2.75) is 25.6 Å². The Bertz CT molecular complexity index is 367. The molecule has 0 unspecified atom stereocenters. The van der Waals surface area contributed by atoms with Crippen molar-refractivity contribution in [1.29, 1.82) is 0 Å². The van der Waals surface area contributed by atoms with Crippen molar-refractivity contribution in [1.82, 2.24) is 0 Å². The van der Waals surface area contributed by atoms with Crippen LogP contribution in [0.2, 0.25) is 0 Å². The maximum Gasteiger partial charge on any atom is 0.441 e. The summed E-state index contributed by atoms with van der Waals surface area (Å²) in [6.07, 6.45) is 0.257. The highest BCUT2D eigenvalue weighted by atomic mass is 16.7. The van der Waals surface area contributed by atoms with Gasteiger partial charge in [0.2, 0.25) is 0 Å². The second-order valence-corrected chi connectivity index (χ2v) is 3.69. The van der Waals surface area contributed by atoms with Gasteiger partial charge in [0.1, 0.15) is 0 Å². The first kappa shape index (κ1) is 13.5. The third kappa shape index (κ3) is 3.45. The fraction of sp³-hybridized carbons (Fsp3) is 0.700. The lowest BCUT2D eigenvalue weighted by molar-refractivity contribution is -0.152. The SMILES string of the molecule is COC(=O)C(=[N+]=[N-])C(=O)CCC1(C)OCCO1. The van der Waals surface area contributed by atoms with Crippen LogP contribution in [-0.4, -0.2) is 48.4 Å². The molecule has 94 valence electrons. The molecular weight excluding hydrogens is 228 g/mol. The predicted octanol–water partition coefficient (Wildman–Crippen LogP) is -0.0575. The van der Waals surface area contributed by atoms with Gasteiger partial charge in [-0.15, -0.1) is 0 Å². The molecule has 0 spiro atoms. The zero-order chi connectivity index (χ0) is 12.9. The quantitative estimate of drug-likeness (QED) is 0.221. The Balaban J connectivity index is 2.54. The molecule has 0 N–H and O–H groups in total. The summed E-state index contributed by atoms with van der Waals surface area (Å²) in [4.78, 5) is 25.3. The molecule has 0 aromatic heterocycles. The highest BCUT2D eigenvalue weighted by Gasteiger charge is 2.35. The number of ether oxygens (including phenoxy) is 3. The van der Waals surface area contributed by atoms with Crippen LogP contribution in [0.5, 0.6) is 0 Å². The maximum absolute atomic E-state index is 11.6. The van der Waals surface area contributed by atoms with Gasteiger partial charge in [-0.1, -0.05) is 0 Å². The van der Waals surface area contributed by atoms with Crippen LogP contribution in [0.25, 0.3) is 5.53 Å². The molecule has 7 nitrogen and oxygen atoms in total. The molecule has 1 aliphatic heterocycles. The van der Waals surface area contributed by atoms with E-state index in [9.17, 15) is 9.59 Å². The van der Waals surface area contributed by atoms with Gasteiger partial charge in [0, 0.05) is 12.8 Å². The largest absolute Gasteiger partial charge is 0.460 e. The van der Waals surface area contributed by atoms with Gasteiger partial charge in [0.25, 0.3) is 5.78 Å². The molecule has 0 saturated carbocycles. The number of hydrogen-bond donors (Lipinski definition) is 0. The van der Waals surface area contributed by atoms with E-state index >= 15 is 0 Å². The van der Waals surface area contributed by atoms with Crippen LogP contribution in [0, 0.1) is 0 Å². The van der Waals surface area contributed by atoms with Crippen LogP contribution in [0.1, 0.15) is 19.8 Å². The van der Waals surface area contributed by atoms with E-state index in [2.05, 4.69) is 9.53 Å². The van der Waals surface area contributed by atoms with Crippen LogP contribution in [0.3, 0.4) is 0 Å². The average Bonchev–Trinajstić information content (AvgIpc) is 2.75. The number of ketones is 1. The number of esters is 1. The summed E-state index contributed by atoms with van der Waals surface area (Å²) in [6.45, 7) is 2.66. The normalized spacial score (nSPS) is 17.3. The third-order valence-electron chi connectivity index (χ3n) is 2.45. The fourth-order valence-corrected chi connectivity index (χ4v) is 1.47. The van der Waals surface area contributed by atoms with Gasteiger partial charge in [-0.05, 0) is 6.92 Å². The summed E-state index contributed by atoms with van der Waals surface area (Å²) >= 11 is 0. The molecule has 0 atom stereocenters. The summed E-state index contributed by atoms with van der Waals surface area (Å²) in [5.41, 5.74) is 7.94. The van der Waals surface area contributed by atoms with E-state index in [1.807, 2.05) is 0 Å². The first-order valence-corrected chi connectivity index (χ1v) is 5.14. The zero-order valence-electron chi connectivity index (χ0n) is 9.76. The lowest BCUT2D eigenvalue weighted by Crippen LogP contribution is -2.31. The molecule has 0 radical (unpaired) electrons. The smallest absolute Gasteiger partial charge is 0.441 e. The van der Waals surface area contributed by atoms with Gasteiger partial charge in [0.05, 0.1) is 20.3 Å². The standard InChI is InChI=1S/C10H14N2O5/c1-10(16-5-6-17-10)4-3-7(13)8(12-11)9(14)15-2/h3-6H2,1-2H3. The molecule has 0 aromatic rings. The lowest BCUT2D eigenvalue weighted by atomic mass is 10.1. The number of nitrogens with zero attached hydrogens (tertiary/aromatic N) is 2. The minimum absolute atomic E-state index is 0.0228. The van der Waals surface area contributed by atoms with Crippen LogP contribution >= 0.6 is 0 Å². The molecule has 1 rings (SSSR count). The van der Waals surface area contributed by atoms with E-state index < -0.39 is 23.3 Å². The molecule has 0 amide bonds. The van der Waals surface area contributed by atoms with Crippen molar-refractivity contribution in [3.05, 3.63) is 5.53 Å². The van der Waals surface area contributed by atoms with E-state index in [-0.39, 0.29) is 12.8 Å². The Hall–Kier alpha value is -1.56. The predicted molar refractivity (Wildman–Crippen MR) is 55.2 cm³/mol. The molecule has 1 saturated heterocycles. The Morgan fingerprint density at radius 3 is 2.47 bits per heavy atom. The number of rotatable bonds is 5. The zero-order valence-corrected chi connectivity index (χ0v) is 9.76. The Morgan fingerprint density at radius 1 is 1.41 bits per heavy atom. The molecule has 1 heterocycles. The molecule has 7 heteroatoms. The first-order valence-electron chi connectivity index (χ1n) is 5.14. The van der Waals surface area contributed by atoms with Crippen molar-refractivity contribution in [3.63, 3.8) is 0 Å². The van der Waals surface area contributed by atoms with Crippen LogP contribution in [0.15, 0.2) is 0 Å². The second-order valence-electron chi connectivity index (χ2n) is 3.69. The van der Waals surface area contributed by atoms with E-state index in [0.717, 1.165) is 7.11 Å². The van der Waals surface area contributed by atoms with Gasteiger partial charge >= 0.3 is 11.7 Å². The highest BCUT2D eigenvalue weighted by molar-refractivity contribution is 6.62. The number of carbonyl (C=O) groups is 2. The summed E-state index contributed by atoms with van der Waals surface area (Å²) in [5.74, 6) is -2.39. The Morgan fingerprint density at radius 2 is 2.00 bits per heavy atom. The summed E-state index contributed by atoms with van der Waals surface area (Å²) in [5, 5.41) is 0. The van der Waals surface area contributed by atoms with Gasteiger partial charge < -0.3 is 19.7 Å². The number of methoxy groups -OCH3 is 1. The van der Waals surface area contributed by atoms with Crippen molar-refractivity contribution >= 4 is 17.5 Å². The number of Topliss-reactive ketones (excluding diaryl/α,β-unsaturated/α-hetero) is 1. The molecule has 0 bridgehead atoms. The van der Waals surface area contributed by atoms with Crippen molar-refractivity contribution in [2.24, 2.45) is 0 Å². The minimum Gasteiger partial charge on any atom is -0.460 e. The summed E-state index contributed by atoms with van der Waals surface area (Å²) in [7, 11) is 1.10. The minimum atomic E-state index is -0.962. The average molecular weight is 242 g/mol. The lowest BCUT2D eigenvalue weighted by Gasteiger charge is -2.20. The first-order chi connectivity index (χ1) is 8.02. The van der Waals surface area contributed by atoms with Crippen molar-refractivity contribution < 1.29 is 28.6 Å². The molecule has 17 heavy (non-hydrogen) atoms. The number of hydrogen-bond acceptors (Lipinski definition) is 5. The van der Waals surface area contributed by atoms with Crippen molar-refractivity contribution in [2.75, 3.05) is 20.3 Å². The van der Waals surface area contributed by atoms with Crippen LogP contribution in [0.4, 0.5) is 0 Å². The van der Waals surface area contributed by atoms with Crippen LogP contribution in [-0.2, 0) is 23.8 Å². The monoisotopic (exact) mass is 242 g/mol. The maximum atomic E-state index is 11.6. The second kappa shape index (κ2) is 5.67. The van der Waals surface area contributed by atoms with Gasteiger partial charge in [0.15, 0.2) is 5.79 Å². The molecule has 0 aliphatic carbocycles. The Kier molecular flexibility index (Phi) is 4.51. The molecule has 0 aromatic carbocycles. The fourth-order valence-electron chi connectivity index (χ4n) is 1.47. The summed E-state index contributed by atoms with van der Waals surface area (Å²) < 4.78 is 14.9. The van der Waals surface area contributed by atoms with E-state index in [1.54, 1.807) is 6.92 Å². The van der Waals surface area contributed by atoms with Gasteiger partial charge in [-0.25, -0.2) is 4.79 Å². The van der Waals surface area contributed by atoms with Gasteiger partial charge in [-0.2, -0.15) is 4.79 Å². The Labute approximate surface area is 98.3 Å². The van der Waals surface area contributed by atoms with Crippen LogP contribution < -0.4 is 0 Å². The van der Waals surface area contributed by atoms with E-state index in [1.165, 1.54) is 0 Å². The van der Waals surface area contributed by atoms with E-state index in [4.69, 9.17) is 15.0 Å². The summed E-state index contributed by atoms with van der Waals surface area (Å²) in [6, 6.07) is 0. The van der Waals surface area contributed by atoms with Gasteiger partial charge in [-0.3, -0.25) is 4.79 Å². The van der Waals surface area contributed by atoms with Crippen molar-refractivity contribution in [3.8, 4) is 0 Å². The highest BCUT2D eigenvalue weighted by Crippen LogP contribution is 2.24. The topological polar surface area (TPSA) is 98.2 Å². The number of carbonyl (C=O) groups excluding carboxylic acids is 2. The third-order valence-corrected chi connectivity index (χ3v) is 2.45. The van der Waals surface area contributed by atoms with E-state index in [0.29, 0.717) is 13.2 Å². The molecular formula is C10H14N2O5. The molecule has 1 aliphatic rings.